The molecule has 0 aliphatic heterocycles. The minimum atomic E-state index is -4.41. The Morgan fingerprint density at radius 1 is 1.11 bits per heavy atom. The molecular formula is C12H7F3N2O2. The van der Waals surface area contributed by atoms with E-state index in [4.69, 9.17) is 5.11 Å². The summed E-state index contributed by atoms with van der Waals surface area (Å²) in [6, 6.07) is 5.49. The second-order valence-corrected chi connectivity index (χ2v) is 3.67. The van der Waals surface area contributed by atoms with Crippen LogP contribution in [0.3, 0.4) is 0 Å². The van der Waals surface area contributed by atoms with Crippen LogP contribution in [0, 0.1) is 0 Å². The van der Waals surface area contributed by atoms with Crippen molar-refractivity contribution in [2.45, 2.75) is 6.18 Å². The zero-order chi connectivity index (χ0) is 14.0. The second kappa shape index (κ2) is 4.68. The van der Waals surface area contributed by atoms with Gasteiger partial charge < -0.3 is 5.11 Å². The van der Waals surface area contributed by atoms with Crippen molar-refractivity contribution in [3.05, 3.63) is 47.9 Å². The number of carboxylic acid groups (broad SMARTS) is 1. The summed E-state index contributed by atoms with van der Waals surface area (Å²) in [5.41, 5.74) is -0.354. The highest BCUT2D eigenvalue weighted by molar-refractivity contribution is 5.86. The molecule has 1 aromatic heterocycles. The maximum absolute atomic E-state index is 12.4. The molecule has 2 aromatic rings. The van der Waals surface area contributed by atoms with Crippen molar-refractivity contribution < 1.29 is 23.1 Å². The number of halogens is 3. The van der Waals surface area contributed by atoms with Gasteiger partial charge in [0.1, 0.15) is 6.33 Å². The van der Waals surface area contributed by atoms with Gasteiger partial charge in [-0.15, -0.1) is 0 Å². The third kappa shape index (κ3) is 2.87. The van der Waals surface area contributed by atoms with E-state index >= 15 is 0 Å². The first-order valence-corrected chi connectivity index (χ1v) is 5.11. The summed E-state index contributed by atoms with van der Waals surface area (Å²) in [4.78, 5) is 18.1. The molecule has 1 N–H and O–H groups in total. The number of aromatic nitrogens is 2. The van der Waals surface area contributed by atoms with Gasteiger partial charge in [0.05, 0.1) is 11.3 Å². The Balaban J connectivity index is 2.37. The highest BCUT2D eigenvalue weighted by atomic mass is 19.4. The molecule has 7 heteroatoms. The number of hydrogen-bond acceptors (Lipinski definition) is 3. The molecule has 0 saturated carbocycles. The third-order valence-corrected chi connectivity index (χ3v) is 2.39. The van der Waals surface area contributed by atoms with E-state index in [0.29, 0.717) is 5.56 Å². The second-order valence-electron chi connectivity index (χ2n) is 3.67. The summed E-state index contributed by atoms with van der Waals surface area (Å²) in [7, 11) is 0. The van der Waals surface area contributed by atoms with E-state index in [2.05, 4.69) is 9.97 Å². The zero-order valence-corrected chi connectivity index (χ0v) is 9.35. The van der Waals surface area contributed by atoms with Gasteiger partial charge in [-0.25, -0.2) is 14.8 Å². The van der Waals surface area contributed by atoms with Crippen molar-refractivity contribution in [3.63, 3.8) is 0 Å². The molecule has 0 saturated heterocycles. The van der Waals surface area contributed by atoms with Crippen LogP contribution < -0.4 is 0 Å². The molecule has 0 unspecified atom stereocenters. The molecule has 4 nitrogen and oxygen atoms in total. The SMILES string of the molecule is O=C(O)c1cc(-c2ccc(C(F)(F)F)cc2)ncn1. The molecule has 19 heavy (non-hydrogen) atoms. The molecule has 98 valence electrons. The van der Waals surface area contributed by atoms with Crippen LogP contribution >= 0.6 is 0 Å². The zero-order valence-electron chi connectivity index (χ0n) is 9.35. The van der Waals surface area contributed by atoms with Crippen molar-refractivity contribution in [3.8, 4) is 11.3 Å². The van der Waals surface area contributed by atoms with Crippen molar-refractivity contribution in [2.75, 3.05) is 0 Å². The summed E-state index contributed by atoms with van der Waals surface area (Å²) >= 11 is 0. The maximum atomic E-state index is 12.4. The summed E-state index contributed by atoms with van der Waals surface area (Å²) < 4.78 is 37.2. The van der Waals surface area contributed by atoms with Crippen LogP contribution in [0.25, 0.3) is 11.3 Å². The Kier molecular flexibility index (Phi) is 3.20. The first kappa shape index (κ1) is 13.0. The highest BCUT2D eigenvalue weighted by Gasteiger charge is 2.30. The Morgan fingerprint density at radius 2 is 1.74 bits per heavy atom. The lowest BCUT2D eigenvalue weighted by Crippen LogP contribution is -2.04. The highest BCUT2D eigenvalue weighted by Crippen LogP contribution is 2.30. The number of aromatic carboxylic acids is 1. The van der Waals surface area contributed by atoms with Gasteiger partial charge in [0.15, 0.2) is 5.69 Å². The molecule has 0 atom stereocenters. The number of alkyl halides is 3. The number of carbonyl (C=O) groups is 1. The molecule has 0 spiro atoms. The fraction of sp³-hybridized carbons (Fsp3) is 0.0833. The molecule has 0 bridgehead atoms. The van der Waals surface area contributed by atoms with Crippen LogP contribution in [0.1, 0.15) is 16.1 Å². The van der Waals surface area contributed by atoms with Crippen LogP contribution in [0.5, 0.6) is 0 Å². The van der Waals surface area contributed by atoms with E-state index < -0.39 is 17.7 Å². The predicted octanol–water partition coefficient (Wildman–Crippen LogP) is 2.86. The smallest absolute Gasteiger partial charge is 0.416 e. The number of carboxylic acids is 1. The molecule has 0 aliphatic rings. The van der Waals surface area contributed by atoms with Crippen LogP contribution in [-0.4, -0.2) is 21.0 Å². The van der Waals surface area contributed by atoms with Crippen LogP contribution in [0.4, 0.5) is 13.2 Å². The van der Waals surface area contributed by atoms with Gasteiger partial charge in [-0.05, 0) is 18.2 Å². The van der Waals surface area contributed by atoms with E-state index in [9.17, 15) is 18.0 Å². The Hall–Kier alpha value is -2.44. The molecule has 0 aliphatic carbocycles. The average Bonchev–Trinajstić information content (AvgIpc) is 2.38. The maximum Gasteiger partial charge on any atom is 0.416 e. The van der Waals surface area contributed by atoms with E-state index in [-0.39, 0.29) is 11.4 Å². The molecule has 0 amide bonds. The van der Waals surface area contributed by atoms with Crippen molar-refractivity contribution in [1.82, 2.24) is 9.97 Å². The van der Waals surface area contributed by atoms with Gasteiger partial charge in [0, 0.05) is 5.56 Å². The predicted molar refractivity (Wildman–Crippen MR) is 59.4 cm³/mol. The third-order valence-electron chi connectivity index (χ3n) is 2.39. The van der Waals surface area contributed by atoms with Gasteiger partial charge >= 0.3 is 12.1 Å². The summed E-state index contributed by atoms with van der Waals surface area (Å²) in [6.07, 6.45) is -3.35. The lowest BCUT2D eigenvalue weighted by atomic mass is 10.1. The van der Waals surface area contributed by atoms with Gasteiger partial charge in [-0.2, -0.15) is 13.2 Å². The molecule has 1 aromatic carbocycles. The van der Waals surface area contributed by atoms with Crippen molar-refractivity contribution >= 4 is 5.97 Å². The minimum absolute atomic E-state index is 0.218. The average molecular weight is 268 g/mol. The molecule has 2 rings (SSSR count). The number of benzene rings is 1. The Labute approximate surface area is 105 Å². The van der Waals surface area contributed by atoms with E-state index in [0.717, 1.165) is 18.5 Å². The largest absolute Gasteiger partial charge is 0.477 e. The lowest BCUT2D eigenvalue weighted by molar-refractivity contribution is -0.137. The summed E-state index contributed by atoms with van der Waals surface area (Å²) in [6.45, 7) is 0. The quantitative estimate of drug-likeness (QED) is 0.909. The van der Waals surface area contributed by atoms with E-state index in [1.807, 2.05) is 0 Å². The standard InChI is InChI=1S/C12H7F3N2O2/c13-12(14,15)8-3-1-7(2-4-8)9-5-10(11(18)19)17-6-16-9/h1-6H,(H,18,19). The van der Waals surface area contributed by atoms with Crippen molar-refractivity contribution in [2.24, 2.45) is 0 Å². The molecule has 0 radical (unpaired) electrons. The first-order valence-electron chi connectivity index (χ1n) is 5.11. The topological polar surface area (TPSA) is 63.1 Å². The van der Waals surface area contributed by atoms with Crippen LogP contribution in [0.15, 0.2) is 36.7 Å². The monoisotopic (exact) mass is 268 g/mol. The number of hydrogen-bond donors (Lipinski definition) is 1. The van der Waals surface area contributed by atoms with Gasteiger partial charge in [0.25, 0.3) is 0 Å². The molecular weight excluding hydrogens is 261 g/mol. The van der Waals surface area contributed by atoms with Gasteiger partial charge in [-0.3, -0.25) is 0 Å². The summed E-state index contributed by atoms with van der Waals surface area (Å²) in [5.74, 6) is -1.23. The first-order chi connectivity index (χ1) is 8.88. The van der Waals surface area contributed by atoms with Crippen molar-refractivity contribution in [1.29, 1.82) is 0 Å². The van der Waals surface area contributed by atoms with E-state index in [1.165, 1.54) is 18.2 Å². The fourth-order valence-corrected chi connectivity index (χ4v) is 1.46. The van der Waals surface area contributed by atoms with Gasteiger partial charge in [0.2, 0.25) is 0 Å². The number of rotatable bonds is 2. The van der Waals surface area contributed by atoms with Gasteiger partial charge in [-0.1, -0.05) is 12.1 Å². The van der Waals surface area contributed by atoms with E-state index in [1.54, 1.807) is 0 Å². The minimum Gasteiger partial charge on any atom is -0.477 e. The Bertz CT molecular complexity index is 609. The normalized spacial score (nSPS) is 11.3. The van der Waals surface area contributed by atoms with Crippen LogP contribution in [-0.2, 0) is 6.18 Å². The number of nitrogens with zero attached hydrogens (tertiary/aromatic N) is 2. The summed E-state index contributed by atoms with van der Waals surface area (Å²) in [5, 5.41) is 8.77. The Morgan fingerprint density at radius 3 is 2.26 bits per heavy atom. The molecule has 1 heterocycles. The lowest BCUT2D eigenvalue weighted by Gasteiger charge is -2.07. The van der Waals surface area contributed by atoms with Crippen LogP contribution in [0.2, 0.25) is 0 Å². The molecule has 0 fully saturated rings. The fourth-order valence-electron chi connectivity index (χ4n) is 1.46.